The Morgan fingerprint density at radius 2 is 2.17 bits per heavy atom. The average Bonchev–Trinajstić information content (AvgIpc) is 2.43. The first-order valence-corrected chi connectivity index (χ1v) is 6.60. The first-order chi connectivity index (χ1) is 8.75. The zero-order chi connectivity index (χ0) is 13.3. The van der Waals surface area contributed by atoms with Crippen LogP contribution in [0.25, 0.3) is 0 Å². The van der Waals surface area contributed by atoms with Gasteiger partial charge < -0.3 is 14.8 Å². The van der Waals surface area contributed by atoms with Crippen molar-refractivity contribution in [3.05, 3.63) is 0 Å². The van der Waals surface area contributed by atoms with Gasteiger partial charge in [-0.05, 0) is 25.7 Å². The molecule has 102 valence electrons. The van der Waals surface area contributed by atoms with Gasteiger partial charge in [0.1, 0.15) is 5.41 Å². The largest absolute Gasteiger partial charge is 0.381 e. The molecule has 0 spiro atoms. The highest BCUT2D eigenvalue weighted by Gasteiger charge is 2.40. The molecule has 0 bridgehead atoms. The molecule has 1 saturated heterocycles. The summed E-state index contributed by atoms with van der Waals surface area (Å²) in [6, 6.07) is 2.16. The van der Waals surface area contributed by atoms with Crippen molar-refractivity contribution in [2.24, 2.45) is 5.41 Å². The zero-order valence-corrected chi connectivity index (χ0v) is 11.0. The molecule has 5 heteroatoms. The van der Waals surface area contributed by atoms with Crippen LogP contribution < -0.4 is 5.32 Å². The van der Waals surface area contributed by atoms with E-state index in [0.717, 1.165) is 19.4 Å². The van der Waals surface area contributed by atoms with Gasteiger partial charge >= 0.3 is 0 Å². The van der Waals surface area contributed by atoms with Crippen LogP contribution in [-0.4, -0.2) is 38.9 Å². The third kappa shape index (κ3) is 4.28. The molecule has 5 nitrogen and oxygen atoms in total. The van der Waals surface area contributed by atoms with E-state index in [0.29, 0.717) is 39.2 Å². The van der Waals surface area contributed by atoms with Crippen LogP contribution in [0.1, 0.15) is 32.6 Å². The molecule has 0 radical (unpaired) electrons. The molecule has 0 aromatic rings. The fraction of sp³-hybridized carbons (Fsp3) is 0.846. The Hall–Kier alpha value is -1.12. The first kappa shape index (κ1) is 14.9. The molecule has 1 rings (SSSR count). The van der Waals surface area contributed by atoms with Gasteiger partial charge in [-0.3, -0.25) is 4.79 Å². The Balaban J connectivity index is 2.24. The predicted molar refractivity (Wildman–Crippen MR) is 66.8 cm³/mol. The Morgan fingerprint density at radius 1 is 1.44 bits per heavy atom. The Morgan fingerprint density at radius 3 is 2.78 bits per heavy atom. The van der Waals surface area contributed by atoms with Gasteiger partial charge in [-0.15, -0.1) is 0 Å². The minimum Gasteiger partial charge on any atom is -0.381 e. The van der Waals surface area contributed by atoms with Gasteiger partial charge in [0.2, 0.25) is 5.91 Å². The van der Waals surface area contributed by atoms with E-state index in [1.54, 1.807) is 0 Å². The summed E-state index contributed by atoms with van der Waals surface area (Å²) in [4.78, 5) is 12.0. The van der Waals surface area contributed by atoms with Crippen LogP contribution in [0.5, 0.6) is 0 Å². The molecule has 1 aliphatic heterocycles. The van der Waals surface area contributed by atoms with Crippen LogP contribution in [-0.2, 0) is 14.3 Å². The number of carbonyl (C=O) groups excluding carboxylic acids is 1. The highest BCUT2D eigenvalue weighted by Crippen LogP contribution is 2.29. The summed E-state index contributed by atoms with van der Waals surface area (Å²) in [5.74, 6) is -0.163. The number of nitrogens with one attached hydrogen (secondary N) is 1. The van der Waals surface area contributed by atoms with Gasteiger partial charge in [0.15, 0.2) is 0 Å². The maximum Gasteiger partial charge on any atom is 0.240 e. The average molecular weight is 254 g/mol. The highest BCUT2D eigenvalue weighted by molar-refractivity contribution is 5.85. The molecule has 1 fully saturated rings. The molecule has 1 N–H and O–H groups in total. The van der Waals surface area contributed by atoms with Crippen molar-refractivity contribution < 1.29 is 14.3 Å². The summed E-state index contributed by atoms with van der Waals surface area (Å²) in [5, 5.41) is 12.0. The lowest BCUT2D eigenvalue weighted by Crippen LogP contribution is -2.44. The lowest BCUT2D eigenvalue weighted by molar-refractivity contribution is -0.132. The normalized spacial score (nSPS) is 18.0. The van der Waals surface area contributed by atoms with Gasteiger partial charge in [0, 0.05) is 33.0 Å². The molecule has 1 heterocycles. The molecule has 1 amide bonds. The molecule has 0 unspecified atom stereocenters. The Bertz CT molecular complexity index is 293. The van der Waals surface area contributed by atoms with Crippen molar-refractivity contribution in [2.45, 2.75) is 32.6 Å². The van der Waals surface area contributed by atoms with E-state index in [1.807, 2.05) is 0 Å². The molecule has 0 aliphatic carbocycles. The summed E-state index contributed by atoms with van der Waals surface area (Å²) in [7, 11) is 0. The second-order valence-electron chi connectivity index (χ2n) is 4.53. The Kier molecular flexibility index (Phi) is 6.69. The van der Waals surface area contributed by atoms with E-state index in [9.17, 15) is 10.1 Å². The van der Waals surface area contributed by atoms with Gasteiger partial charge in [0.25, 0.3) is 0 Å². The van der Waals surface area contributed by atoms with Crippen molar-refractivity contribution in [1.29, 1.82) is 5.26 Å². The Labute approximate surface area is 108 Å². The second-order valence-corrected chi connectivity index (χ2v) is 4.53. The maximum absolute atomic E-state index is 12.0. The number of ether oxygens (including phenoxy) is 2. The number of amides is 1. The topological polar surface area (TPSA) is 71.3 Å². The van der Waals surface area contributed by atoms with E-state index in [1.165, 1.54) is 0 Å². The maximum atomic E-state index is 12.0. The molecule has 0 aromatic carbocycles. The zero-order valence-electron chi connectivity index (χ0n) is 11.0. The summed E-state index contributed by atoms with van der Waals surface area (Å²) >= 11 is 0. The van der Waals surface area contributed by atoms with Crippen LogP contribution in [0.15, 0.2) is 0 Å². The number of nitrogens with zero attached hydrogens (tertiary/aromatic N) is 1. The molecular formula is C13H22N2O3. The number of hydrogen-bond donors (Lipinski definition) is 1. The lowest BCUT2D eigenvalue weighted by atomic mass is 9.81. The minimum absolute atomic E-state index is 0.163. The summed E-state index contributed by atoms with van der Waals surface area (Å²) in [5.41, 5.74) is -0.886. The van der Waals surface area contributed by atoms with E-state index in [-0.39, 0.29) is 5.91 Å². The van der Waals surface area contributed by atoms with Crippen LogP contribution in [0.3, 0.4) is 0 Å². The van der Waals surface area contributed by atoms with Crippen LogP contribution in [0, 0.1) is 16.7 Å². The van der Waals surface area contributed by atoms with Crippen molar-refractivity contribution in [2.75, 3.05) is 33.0 Å². The quantitative estimate of drug-likeness (QED) is 0.694. The summed E-state index contributed by atoms with van der Waals surface area (Å²) in [6.07, 6.45) is 2.76. The minimum atomic E-state index is -0.886. The van der Waals surface area contributed by atoms with Crippen LogP contribution >= 0.6 is 0 Å². The highest BCUT2D eigenvalue weighted by atomic mass is 16.5. The lowest BCUT2D eigenvalue weighted by Gasteiger charge is -2.29. The predicted octanol–water partition coefficient (Wildman–Crippen LogP) is 1.24. The number of hydrogen-bond acceptors (Lipinski definition) is 4. The van der Waals surface area contributed by atoms with E-state index in [2.05, 4.69) is 18.3 Å². The molecule has 0 atom stereocenters. The monoisotopic (exact) mass is 254 g/mol. The van der Waals surface area contributed by atoms with Crippen molar-refractivity contribution in [3.8, 4) is 6.07 Å². The standard InChI is InChI=1S/C13H22N2O3/c1-2-7-17-8-3-6-15-12(16)13(11-14)4-9-18-10-5-13/h2-10H2,1H3,(H,15,16). The molecule has 0 aromatic heterocycles. The number of rotatable bonds is 7. The van der Waals surface area contributed by atoms with Gasteiger partial charge in [0.05, 0.1) is 6.07 Å². The van der Waals surface area contributed by atoms with Gasteiger partial charge in [-0.1, -0.05) is 6.92 Å². The van der Waals surface area contributed by atoms with Crippen molar-refractivity contribution in [3.63, 3.8) is 0 Å². The van der Waals surface area contributed by atoms with Gasteiger partial charge in [-0.2, -0.15) is 5.26 Å². The number of nitriles is 1. The van der Waals surface area contributed by atoms with Crippen molar-refractivity contribution in [1.82, 2.24) is 5.32 Å². The van der Waals surface area contributed by atoms with E-state index >= 15 is 0 Å². The van der Waals surface area contributed by atoms with Crippen LogP contribution in [0.4, 0.5) is 0 Å². The molecular weight excluding hydrogens is 232 g/mol. The first-order valence-electron chi connectivity index (χ1n) is 6.60. The molecule has 0 saturated carbocycles. The second kappa shape index (κ2) is 8.06. The van der Waals surface area contributed by atoms with Crippen LogP contribution in [0.2, 0.25) is 0 Å². The molecule has 18 heavy (non-hydrogen) atoms. The third-order valence-corrected chi connectivity index (χ3v) is 3.09. The fourth-order valence-corrected chi connectivity index (χ4v) is 1.90. The van der Waals surface area contributed by atoms with Gasteiger partial charge in [-0.25, -0.2) is 0 Å². The summed E-state index contributed by atoms with van der Waals surface area (Å²) < 4.78 is 10.5. The SMILES string of the molecule is CCCOCCCNC(=O)C1(C#N)CCOCC1. The van der Waals surface area contributed by atoms with E-state index in [4.69, 9.17) is 9.47 Å². The third-order valence-electron chi connectivity index (χ3n) is 3.09. The fourth-order valence-electron chi connectivity index (χ4n) is 1.90. The smallest absolute Gasteiger partial charge is 0.240 e. The molecule has 1 aliphatic rings. The van der Waals surface area contributed by atoms with E-state index < -0.39 is 5.41 Å². The van der Waals surface area contributed by atoms with Crippen molar-refractivity contribution >= 4 is 5.91 Å². The summed E-state index contributed by atoms with van der Waals surface area (Å²) in [6.45, 7) is 5.00. The number of carbonyl (C=O) groups is 1.